The fourth-order valence-electron chi connectivity index (χ4n) is 3.00. The van der Waals surface area contributed by atoms with Crippen LogP contribution < -0.4 is 0 Å². The molecule has 0 aliphatic heterocycles. The lowest BCUT2D eigenvalue weighted by Gasteiger charge is -2.37. The van der Waals surface area contributed by atoms with Gasteiger partial charge in [-0.1, -0.05) is 24.6 Å². The molecule has 0 bridgehead atoms. The second kappa shape index (κ2) is 6.11. The summed E-state index contributed by atoms with van der Waals surface area (Å²) in [7, 11) is 0. The summed E-state index contributed by atoms with van der Waals surface area (Å²) < 4.78 is 0. The molecule has 0 saturated heterocycles. The van der Waals surface area contributed by atoms with Crippen LogP contribution in [0.15, 0.2) is 30.3 Å². The van der Waals surface area contributed by atoms with Crippen LogP contribution in [0.3, 0.4) is 0 Å². The second-order valence-electron chi connectivity index (χ2n) is 5.68. The molecule has 0 radical (unpaired) electrons. The van der Waals surface area contributed by atoms with E-state index in [9.17, 15) is 0 Å². The molecular formula is C17H21ClN2. The van der Waals surface area contributed by atoms with Gasteiger partial charge in [0, 0.05) is 36.1 Å². The van der Waals surface area contributed by atoms with Gasteiger partial charge in [-0.3, -0.25) is 9.88 Å². The Morgan fingerprint density at radius 3 is 2.80 bits per heavy atom. The van der Waals surface area contributed by atoms with Gasteiger partial charge in [-0.25, -0.2) is 0 Å². The fraction of sp³-hybridized carbons (Fsp3) is 0.471. The van der Waals surface area contributed by atoms with Gasteiger partial charge in [0.15, 0.2) is 0 Å². The first-order valence-corrected chi connectivity index (χ1v) is 7.96. The van der Waals surface area contributed by atoms with Gasteiger partial charge < -0.3 is 0 Å². The molecule has 1 aliphatic rings. The lowest BCUT2D eigenvalue weighted by molar-refractivity contribution is 0.128. The topological polar surface area (TPSA) is 16.1 Å². The van der Waals surface area contributed by atoms with Gasteiger partial charge >= 0.3 is 0 Å². The first-order valence-electron chi connectivity index (χ1n) is 7.43. The summed E-state index contributed by atoms with van der Waals surface area (Å²) in [5, 5.41) is 1.27. The molecule has 3 heteroatoms. The molecule has 1 fully saturated rings. The van der Waals surface area contributed by atoms with Gasteiger partial charge in [0.2, 0.25) is 0 Å². The minimum absolute atomic E-state index is 0.707. The van der Waals surface area contributed by atoms with Crippen LogP contribution >= 0.6 is 11.6 Å². The average molecular weight is 289 g/mol. The Morgan fingerprint density at radius 1 is 1.30 bits per heavy atom. The third-order valence-electron chi connectivity index (χ3n) is 4.27. The molecule has 0 N–H and O–H groups in total. The molecule has 0 atom stereocenters. The molecule has 1 aliphatic carbocycles. The van der Waals surface area contributed by atoms with E-state index in [0.29, 0.717) is 5.88 Å². The summed E-state index contributed by atoms with van der Waals surface area (Å²) >= 11 is 5.98. The van der Waals surface area contributed by atoms with E-state index in [0.717, 1.165) is 30.3 Å². The largest absolute Gasteiger partial charge is 0.295 e. The van der Waals surface area contributed by atoms with E-state index in [1.807, 2.05) is 0 Å². The van der Waals surface area contributed by atoms with E-state index in [1.165, 1.54) is 30.2 Å². The summed E-state index contributed by atoms with van der Waals surface area (Å²) in [6.07, 6.45) is 4.00. The predicted octanol–water partition coefficient (Wildman–Crippen LogP) is 4.14. The highest BCUT2D eigenvalue weighted by molar-refractivity contribution is 6.18. The summed E-state index contributed by atoms with van der Waals surface area (Å²) in [4.78, 5) is 7.16. The van der Waals surface area contributed by atoms with Crippen molar-refractivity contribution in [1.29, 1.82) is 0 Å². The average Bonchev–Trinajstić information content (AvgIpc) is 2.36. The quantitative estimate of drug-likeness (QED) is 0.769. The van der Waals surface area contributed by atoms with E-state index < -0.39 is 0 Å². The predicted molar refractivity (Wildman–Crippen MR) is 85.2 cm³/mol. The van der Waals surface area contributed by atoms with Crippen molar-refractivity contribution in [2.75, 3.05) is 12.4 Å². The third kappa shape index (κ3) is 2.82. The van der Waals surface area contributed by atoms with Crippen LogP contribution in [0.25, 0.3) is 10.9 Å². The summed E-state index contributed by atoms with van der Waals surface area (Å²) in [5.41, 5.74) is 3.57. The van der Waals surface area contributed by atoms with E-state index in [1.54, 1.807) is 0 Å². The number of fused-ring (bicyclic) bond motifs is 1. The normalized spacial score (nSPS) is 15.8. The van der Waals surface area contributed by atoms with Gasteiger partial charge in [-0.05, 0) is 37.5 Å². The Hall–Kier alpha value is -1.12. The van der Waals surface area contributed by atoms with Crippen molar-refractivity contribution in [3.05, 3.63) is 41.6 Å². The SMILES string of the molecule is Cc1cc(CN(CCCl)C2CCC2)c2ccccc2n1. The highest BCUT2D eigenvalue weighted by Crippen LogP contribution is 2.28. The molecular weight excluding hydrogens is 268 g/mol. The van der Waals surface area contributed by atoms with E-state index in [2.05, 4.69) is 47.1 Å². The molecule has 2 aromatic rings. The Morgan fingerprint density at radius 2 is 2.10 bits per heavy atom. The number of aromatic nitrogens is 1. The summed E-state index contributed by atoms with van der Waals surface area (Å²) in [6, 6.07) is 11.4. The van der Waals surface area contributed by atoms with Gasteiger partial charge in [-0.2, -0.15) is 0 Å². The second-order valence-corrected chi connectivity index (χ2v) is 6.06. The van der Waals surface area contributed by atoms with Crippen molar-refractivity contribution in [2.45, 2.75) is 38.8 Å². The molecule has 2 nitrogen and oxygen atoms in total. The fourth-order valence-corrected chi connectivity index (χ4v) is 3.21. The van der Waals surface area contributed by atoms with Gasteiger partial charge in [0.1, 0.15) is 0 Å². The van der Waals surface area contributed by atoms with Gasteiger partial charge in [-0.15, -0.1) is 11.6 Å². The van der Waals surface area contributed by atoms with Crippen LogP contribution in [0, 0.1) is 6.92 Å². The molecule has 3 rings (SSSR count). The summed E-state index contributed by atoms with van der Waals surface area (Å²) in [6.45, 7) is 4.04. The Balaban J connectivity index is 1.91. The van der Waals surface area contributed by atoms with Crippen molar-refractivity contribution in [1.82, 2.24) is 9.88 Å². The van der Waals surface area contributed by atoms with Crippen molar-refractivity contribution in [2.24, 2.45) is 0 Å². The molecule has 106 valence electrons. The number of alkyl halides is 1. The first-order chi connectivity index (χ1) is 9.78. The van der Waals surface area contributed by atoms with Crippen LogP contribution in [-0.4, -0.2) is 28.4 Å². The van der Waals surface area contributed by atoms with Crippen molar-refractivity contribution < 1.29 is 0 Å². The smallest absolute Gasteiger partial charge is 0.0708 e. The zero-order valence-electron chi connectivity index (χ0n) is 12.0. The van der Waals surface area contributed by atoms with E-state index >= 15 is 0 Å². The molecule has 0 unspecified atom stereocenters. The van der Waals surface area contributed by atoms with Crippen LogP contribution in [0.5, 0.6) is 0 Å². The maximum atomic E-state index is 5.98. The molecule has 1 aromatic heterocycles. The number of nitrogens with zero attached hydrogens (tertiary/aromatic N) is 2. The summed E-state index contributed by atoms with van der Waals surface area (Å²) in [5.74, 6) is 0.707. The number of pyridine rings is 1. The Bertz CT molecular complexity index is 593. The highest BCUT2D eigenvalue weighted by atomic mass is 35.5. The molecule has 20 heavy (non-hydrogen) atoms. The van der Waals surface area contributed by atoms with Crippen LogP contribution in [0.4, 0.5) is 0 Å². The third-order valence-corrected chi connectivity index (χ3v) is 4.44. The highest BCUT2D eigenvalue weighted by Gasteiger charge is 2.24. The van der Waals surface area contributed by atoms with Crippen LogP contribution in [0.1, 0.15) is 30.5 Å². The number of hydrogen-bond donors (Lipinski definition) is 0. The lowest BCUT2D eigenvalue weighted by atomic mass is 9.91. The minimum atomic E-state index is 0.707. The molecule has 1 saturated carbocycles. The number of hydrogen-bond acceptors (Lipinski definition) is 2. The monoisotopic (exact) mass is 288 g/mol. The zero-order chi connectivity index (χ0) is 13.9. The number of rotatable bonds is 5. The molecule has 1 aromatic carbocycles. The van der Waals surface area contributed by atoms with E-state index in [4.69, 9.17) is 11.6 Å². The maximum absolute atomic E-state index is 5.98. The lowest BCUT2D eigenvalue weighted by Crippen LogP contribution is -2.40. The number of para-hydroxylation sites is 1. The first kappa shape index (κ1) is 13.8. The minimum Gasteiger partial charge on any atom is -0.295 e. The Labute approximate surface area is 125 Å². The van der Waals surface area contributed by atoms with Crippen molar-refractivity contribution in [3.63, 3.8) is 0 Å². The van der Waals surface area contributed by atoms with Gasteiger partial charge in [0.05, 0.1) is 5.52 Å². The van der Waals surface area contributed by atoms with Crippen molar-refractivity contribution >= 4 is 22.5 Å². The molecule has 1 heterocycles. The standard InChI is InChI=1S/C17H21ClN2/c1-13-11-14(16-7-2-3-8-17(16)19-13)12-20(10-9-18)15-5-4-6-15/h2-3,7-8,11,15H,4-6,9-10,12H2,1H3. The van der Waals surface area contributed by atoms with Crippen LogP contribution in [0.2, 0.25) is 0 Å². The molecule has 0 spiro atoms. The zero-order valence-corrected chi connectivity index (χ0v) is 12.7. The number of aryl methyl sites for hydroxylation is 1. The number of halogens is 1. The van der Waals surface area contributed by atoms with Gasteiger partial charge in [0.25, 0.3) is 0 Å². The van der Waals surface area contributed by atoms with Crippen molar-refractivity contribution in [3.8, 4) is 0 Å². The maximum Gasteiger partial charge on any atom is 0.0708 e. The molecule has 0 amide bonds. The van der Waals surface area contributed by atoms with Crippen LogP contribution in [-0.2, 0) is 6.54 Å². The van der Waals surface area contributed by atoms with E-state index in [-0.39, 0.29) is 0 Å². The number of benzene rings is 1. The Kier molecular flexibility index (Phi) is 4.23.